The highest BCUT2D eigenvalue weighted by atomic mass is 32.2. The number of hydrogen-bond acceptors (Lipinski definition) is 3. The molecule has 0 aromatic heterocycles. The molecule has 1 heterocycles. The molecular formula is C11H24N2O2S. The van der Waals surface area contributed by atoms with E-state index in [9.17, 15) is 8.42 Å². The van der Waals surface area contributed by atoms with Gasteiger partial charge in [-0.05, 0) is 32.2 Å². The average Bonchev–Trinajstić information content (AvgIpc) is 2.73. The third kappa shape index (κ3) is 3.71. The summed E-state index contributed by atoms with van der Waals surface area (Å²) in [5.41, 5.74) is 0. The molecule has 1 aliphatic heterocycles. The third-order valence-corrected chi connectivity index (χ3v) is 5.03. The van der Waals surface area contributed by atoms with Gasteiger partial charge in [0.2, 0.25) is 10.0 Å². The van der Waals surface area contributed by atoms with Gasteiger partial charge in [0.25, 0.3) is 0 Å². The second kappa shape index (κ2) is 6.57. The Morgan fingerprint density at radius 1 is 1.31 bits per heavy atom. The molecule has 16 heavy (non-hydrogen) atoms. The second-order valence-corrected chi connectivity index (χ2v) is 6.42. The third-order valence-electron chi connectivity index (χ3n) is 3.12. The van der Waals surface area contributed by atoms with Crippen LogP contribution in [-0.4, -0.2) is 44.2 Å². The molecule has 0 spiro atoms. The molecule has 0 aliphatic carbocycles. The maximum absolute atomic E-state index is 12.1. The molecule has 1 N–H and O–H groups in total. The van der Waals surface area contributed by atoms with Gasteiger partial charge in [0.05, 0.1) is 5.75 Å². The predicted molar refractivity (Wildman–Crippen MR) is 67.0 cm³/mol. The topological polar surface area (TPSA) is 49.4 Å². The SMILES string of the molecule is CCCNCCS(=O)(=O)N1CCCC1CC. The average molecular weight is 248 g/mol. The highest BCUT2D eigenvalue weighted by Gasteiger charge is 2.32. The molecule has 96 valence electrons. The van der Waals surface area contributed by atoms with Crippen molar-refractivity contribution in [1.29, 1.82) is 0 Å². The summed E-state index contributed by atoms with van der Waals surface area (Å²) in [6.07, 6.45) is 4.02. The van der Waals surface area contributed by atoms with E-state index in [0.29, 0.717) is 13.1 Å². The van der Waals surface area contributed by atoms with Gasteiger partial charge in [0.1, 0.15) is 0 Å². The molecule has 5 heteroatoms. The Balaban J connectivity index is 2.43. The van der Waals surface area contributed by atoms with E-state index < -0.39 is 10.0 Å². The molecule has 1 unspecified atom stereocenters. The Kier molecular flexibility index (Phi) is 5.72. The van der Waals surface area contributed by atoms with E-state index in [-0.39, 0.29) is 11.8 Å². The van der Waals surface area contributed by atoms with Crippen LogP contribution >= 0.6 is 0 Å². The molecule has 0 aromatic rings. The van der Waals surface area contributed by atoms with Gasteiger partial charge in [-0.1, -0.05) is 13.8 Å². The first kappa shape index (κ1) is 13.9. The first-order chi connectivity index (χ1) is 7.61. The van der Waals surface area contributed by atoms with Gasteiger partial charge >= 0.3 is 0 Å². The number of hydrogen-bond donors (Lipinski definition) is 1. The highest BCUT2D eigenvalue weighted by molar-refractivity contribution is 7.89. The minimum absolute atomic E-state index is 0.240. The standard InChI is InChI=1S/C11H24N2O2S/c1-3-7-12-8-10-16(14,15)13-9-5-6-11(13)4-2/h11-12H,3-10H2,1-2H3. The van der Waals surface area contributed by atoms with Crippen LogP contribution in [0, 0.1) is 0 Å². The largest absolute Gasteiger partial charge is 0.316 e. The molecule has 0 bridgehead atoms. The van der Waals surface area contributed by atoms with Crippen molar-refractivity contribution in [3.8, 4) is 0 Å². The van der Waals surface area contributed by atoms with Crippen LogP contribution in [0.2, 0.25) is 0 Å². The lowest BCUT2D eigenvalue weighted by Crippen LogP contribution is -2.39. The Morgan fingerprint density at radius 2 is 2.06 bits per heavy atom. The molecule has 0 aromatic carbocycles. The van der Waals surface area contributed by atoms with Crippen molar-refractivity contribution in [2.45, 2.75) is 45.6 Å². The molecule has 0 radical (unpaired) electrons. The van der Waals surface area contributed by atoms with Gasteiger partial charge in [-0.25, -0.2) is 8.42 Å². The van der Waals surface area contributed by atoms with Crippen LogP contribution in [-0.2, 0) is 10.0 Å². The maximum atomic E-state index is 12.1. The van der Waals surface area contributed by atoms with Gasteiger partial charge in [-0.15, -0.1) is 0 Å². The molecule has 1 saturated heterocycles. The number of sulfonamides is 1. The van der Waals surface area contributed by atoms with E-state index in [1.165, 1.54) is 0 Å². The summed E-state index contributed by atoms with van der Waals surface area (Å²) in [4.78, 5) is 0. The van der Waals surface area contributed by atoms with Crippen LogP contribution < -0.4 is 5.32 Å². The summed E-state index contributed by atoms with van der Waals surface area (Å²) in [5, 5.41) is 3.14. The van der Waals surface area contributed by atoms with Crippen molar-refractivity contribution < 1.29 is 8.42 Å². The Labute approximate surface area is 99.5 Å². The lowest BCUT2D eigenvalue weighted by molar-refractivity contribution is 0.379. The van der Waals surface area contributed by atoms with Crippen LogP contribution in [0.4, 0.5) is 0 Å². The summed E-state index contributed by atoms with van der Waals surface area (Å²) >= 11 is 0. The normalized spacial score (nSPS) is 22.8. The van der Waals surface area contributed by atoms with Crippen molar-refractivity contribution in [3.05, 3.63) is 0 Å². The fourth-order valence-electron chi connectivity index (χ4n) is 2.20. The van der Waals surface area contributed by atoms with Crippen molar-refractivity contribution in [2.24, 2.45) is 0 Å². The summed E-state index contributed by atoms with van der Waals surface area (Å²) in [6.45, 7) is 6.33. The minimum Gasteiger partial charge on any atom is -0.316 e. The van der Waals surface area contributed by atoms with Gasteiger partial charge < -0.3 is 5.32 Å². The van der Waals surface area contributed by atoms with Crippen LogP contribution in [0.5, 0.6) is 0 Å². The smallest absolute Gasteiger partial charge is 0.215 e. The summed E-state index contributed by atoms with van der Waals surface area (Å²) in [6, 6.07) is 0.246. The number of nitrogens with one attached hydrogen (secondary N) is 1. The van der Waals surface area contributed by atoms with Gasteiger partial charge in [0.15, 0.2) is 0 Å². The zero-order valence-corrected chi connectivity index (χ0v) is 11.2. The van der Waals surface area contributed by atoms with Crippen molar-refractivity contribution in [1.82, 2.24) is 9.62 Å². The van der Waals surface area contributed by atoms with Crippen molar-refractivity contribution >= 4 is 10.0 Å². The molecule has 0 amide bonds. The molecule has 1 rings (SSSR count). The van der Waals surface area contributed by atoms with Crippen LogP contribution in [0.1, 0.15) is 39.5 Å². The van der Waals surface area contributed by atoms with E-state index in [1.54, 1.807) is 4.31 Å². The van der Waals surface area contributed by atoms with Crippen LogP contribution in [0.15, 0.2) is 0 Å². The molecule has 4 nitrogen and oxygen atoms in total. The molecule has 0 saturated carbocycles. The highest BCUT2D eigenvalue weighted by Crippen LogP contribution is 2.23. The maximum Gasteiger partial charge on any atom is 0.215 e. The minimum atomic E-state index is -3.03. The fraction of sp³-hybridized carbons (Fsp3) is 1.00. The Hall–Kier alpha value is -0.130. The van der Waals surface area contributed by atoms with E-state index in [2.05, 4.69) is 19.2 Å². The first-order valence-corrected chi connectivity index (χ1v) is 7.93. The molecule has 1 fully saturated rings. The van der Waals surface area contributed by atoms with Crippen LogP contribution in [0.3, 0.4) is 0 Å². The Morgan fingerprint density at radius 3 is 2.69 bits per heavy atom. The van der Waals surface area contributed by atoms with Crippen molar-refractivity contribution in [2.75, 3.05) is 25.4 Å². The fourth-order valence-corrected chi connectivity index (χ4v) is 3.96. The quantitative estimate of drug-likeness (QED) is 0.689. The van der Waals surface area contributed by atoms with Crippen molar-refractivity contribution in [3.63, 3.8) is 0 Å². The molecular weight excluding hydrogens is 224 g/mol. The number of nitrogens with zero attached hydrogens (tertiary/aromatic N) is 1. The van der Waals surface area contributed by atoms with Gasteiger partial charge in [0, 0.05) is 19.1 Å². The monoisotopic (exact) mass is 248 g/mol. The van der Waals surface area contributed by atoms with Gasteiger partial charge in [-0.2, -0.15) is 4.31 Å². The first-order valence-electron chi connectivity index (χ1n) is 6.32. The predicted octanol–water partition coefficient (Wildman–Crippen LogP) is 1.19. The summed E-state index contributed by atoms with van der Waals surface area (Å²) in [5.74, 6) is 0.240. The van der Waals surface area contributed by atoms with Gasteiger partial charge in [-0.3, -0.25) is 0 Å². The molecule has 1 atom stereocenters. The summed E-state index contributed by atoms with van der Waals surface area (Å²) < 4.78 is 25.8. The van der Waals surface area contributed by atoms with E-state index in [0.717, 1.165) is 32.2 Å². The lowest BCUT2D eigenvalue weighted by Gasteiger charge is -2.22. The summed E-state index contributed by atoms with van der Waals surface area (Å²) in [7, 11) is -3.03. The van der Waals surface area contributed by atoms with E-state index >= 15 is 0 Å². The zero-order valence-electron chi connectivity index (χ0n) is 10.4. The zero-order chi connectivity index (χ0) is 12.0. The van der Waals surface area contributed by atoms with Crippen LogP contribution in [0.25, 0.3) is 0 Å². The molecule has 1 aliphatic rings. The van der Waals surface area contributed by atoms with E-state index in [1.807, 2.05) is 0 Å². The Bertz CT molecular complexity index is 290. The second-order valence-electron chi connectivity index (χ2n) is 4.38. The lowest BCUT2D eigenvalue weighted by atomic mass is 10.2. The van der Waals surface area contributed by atoms with E-state index in [4.69, 9.17) is 0 Å². The number of rotatable bonds is 7.